The number of hydrogen-bond donors (Lipinski definition) is 2. The molecule has 1 saturated heterocycles. The number of aryl methyl sites for hydroxylation is 2. The first-order chi connectivity index (χ1) is 11.9. The van der Waals surface area contributed by atoms with Crippen molar-refractivity contribution in [2.75, 3.05) is 13.1 Å². The van der Waals surface area contributed by atoms with Gasteiger partial charge in [-0.1, -0.05) is 18.2 Å². The molecular formula is C20H28N4O. The van der Waals surface area contributed by atoms with E-state index in [1.807, 2.05) is 11.7 Å². The first-order valence-corrected chi connectivity index (χ1v) is 9.32. The van der Waals surface area contributed by atoms with E-state index in [0.717, 1.165) is 42.5 Å². The summed E-state index contributed by atoms with van der Waals surface area (Å²) in [4.78, 5) is 12.9. The van der Waals surface area contributed by atoms with Crippen molar-refractivity contribution in [2.45, 2.75) is 39.2 Å². The Morgan fingerprint density at radius 3 is 2.64 bits per heavy atom. The highest BCUT2D eigenvalue weighted by atomic mass is 16.2. The summed E-state index contributed by atoms with van der Waals surface area (Å²) < 4.78 is 1.93. The normalized spacial score (nSPS) is 26.2. The summed E-state index contributed by atoms with van der Waals surface area (Å²) in [6, 6.07) is 6.26. The monoisotopic (exact) mass is 340 g/mol. The summed E-state index contributed by atoms with van der Waals surface area (Å²) in [6.07, 6.45) is 2.03. The van der Waals surface area contributed by atoms with Gasteiger partial charge < -0.3 is 10.6 Å². The first kappa shape index (κ1) is 16.6. The molecule has 1 amide bonds. The van der Waals surface area contributed by atoms with Crippen LogP contribution in [0, 0.1) is 24.7 Å². The van der Waals surface area contributed by atoms with Crippen LogP contribution in [0.25, 0.3) is 10.9 Å². The molecular weight excluding hydrogens is 312 g/mol. The minimum Gasteiger partial charge on any atom is -0.345 e. The summed E-state index contributed by atoms with van der Waals surface area (Å²) in [5.74, 6) is 1.69. The van der Waals surface area contributed by atoms with E-state index < -0.39 is 5.54 Å². The Hall–Kier alpha value is -1.88. The minimum atomic E-state index is -0.486. The van der Waals surface area contributed by atoms with Gasteiger partial charge in [0.1, 0.15) is 0 Å². The maximum absolute atomic E-state index is 12.9. The quantitative estimate of drug-likeness (QED) is 0.902. The molecule has 0 radical (unpaired) electrons. The average molecular weight is 340 g/mol. The molecule has 0 spiro atoms. The van der Waals surface area contributed by atoms with Gasteiger partial charge in [0.2, 0.25) is 5.91 Å². The molecule has 1 aliphatic heterocycles. The Morgan fingerprint density at radius 2 is 1.96 bits per heavy atom. The highest BCUT2D eigenvalue weighted by Gasteiger charge is 2.41. The number of nitrogens with one attached hydrogen (secondary N) is 2. The molecule has 2 N–H and O–H groups in total. The minimum absolute atomic E-state index is 0.146. The summed E-state index contributed by atoms with van der Waals surface area (Å²) in [7, 11) is 1.97. The molecule has 5 heteroatoms. The van der Waals surface area contributed by atoms with Gasteiger partial charge in [0.05, 0.1) is 16.7 Å². The largest absolute Gasteiger partial charge is 0.345 e. The van der Waals surface area contributed by atoms with Crippen molar-refractivity contribution in [3.63, 3.8) is 0 Å². The van der Waals surface area contributed by atoms with Gasteiger partial charge in [-0.2, -0.15) is 5.10 Å². The Kier molecular flexibility index (Phi) is 3.87. The Labute approximate surface area is 149 Å². The average Bonchev–Trinajstić information content (AvgIpc) is 3.20. The smallest absolute Gasteiger partial charge is 0.223 e. The number of rotatable bonds is 3. The molecule has 2 heterocycles. The zero-order valence-corrected chi connectivity index (χ0v) is 15.6. The predicted octanol–water partition coefficient (Wildman–Crippen LogP) is 2.48. The van der Waals surface area contributed by atoms with Crippen LogP contribution in [0.4, 0.5) is 0 Å². The second kappa shape index (κ2) is 5.84. The lowest BCUT2D eigenvalue weighted by Crippen LogP contribution is -2.44. The zero-order valence-electron chi connectivity index (χ0n) is 15.6. The van der Waals surface area contributed by atoms with Gasteiger partial charge in [0.15, 0.2) is 0 Å². The standard InChI is InChI=1S/C20H28N4O/c1-12-6-5-7-16-17(12)24(4)23-18(16)20(2,3)22-19(25)13-8-14-10-21-11-15(14)9-13/h5-7,13-15,21H,8-11H2,1-4H3,(H,22,25)/t13?,14-,15+. The van der Waals surface area contributed by atoms with Crippen LogP contribution in [-0.4, -0.2) is 28.8 Å². The number of hydrogen-bond acceptors (Lipinski definition) is 3. The molecule has 1 aromatic heterocycles. The molecule has 4 rings (SSSR count). The fourth-order valence-electron chi connectivity index (χ4n) is 4.84. The molecule has 2 aromatic rings. The van der Waals surface area contributed by atoms with Crippen LogP contribution < -0.4 is 10.6 Å². The number of nitrogens with zero attached hydrogens (tertiary/aromatic N) is 2. The third-order valence-corrected chi connectivity index (χ3v) is 6.12. The number of carbonyl (C=O) groups is 1. The van der Waals surface area contributed by atoms with E-state index in [4.69, 9.17) is 5.10 Å². The van der Waals surface area contributed by atoms with Gasteiger partial charge in [-0.15, -0.1) is 0 Å². The number of carbonyl (C=O) groups excluding carboxylic acids is 1. The van der Waals surface area contributed by atoms with Gasteiger partial charge in [-0.25, -0.2) is 0 Å². The van der Waals surface area contributed by atoms with E-state index in [1.165, 1.54) is 5.56 Å². The highest BCUT2D eigenvalue weighted by Crippen LogP contribution is 2.39. The van der Waals surface area contributed by atoms with E-state index in [1.54, 1.807) is 0 Å². The zero-order chi connectivity index (χ0) is 17.8. The summed E-state index contributed by atoms with van der Waals surface area (Å²) in [5, 5.41) is 12.6. The van der Waals surface area contributed by atoms with Crippen LogP contribution >= 0.6 is 0 Å². The van der Waals surface area contributed by atoms with Gasteiger partial charge >= 0.3 is 0 Å². The van der Waals surface area contributed by atoms with E-state index in [2.05, 4.69) is 49.6 Å². The molecule has 25 heavy (non-hydrogen) atoms. The van der Waals surface area contributed by atoms with Gasteiger partial charge in [0.25, 0.3) is 0 Å². The van der Waals surface area contributed by atoms with Crippen LogP contribution in [0.2, 0.25) is 0 Å². The number of benzene rings is 1. The molecule has 3 atom stereocenters. The molecule has 1 aliphatic carbocycles. The number of para-hydroxylation sites is 1. The van der Waals surface area contributed by atoms with Crippen LogP contribution in [0.3, 0.4) is 0 Å². The lowest BCUT2D eigenvalue weighted by Gasteiger charge is -2.27. The van der Waals surface area contributed by atoms with Gasteiger partial charge in [-0.05, 0) is 64.1 Å². The summed E-state index contributed by atoms with van der Waals surface area (Å²) in [6.45, 7) is 8.37. The maximum Gasteiger partial charge on any atom is 0.223 e. The third-order valence-electron chi connectivity index (χ3n) is 6.12. The summed E-state index contributed by atoms with van der Waals surface area (Å²) in [5.41, 5.74) is 2.81. The van der Waals surface area contributed by atoms with Crippen LogP contribution in [0.15, 0.2) is 18.2 Å². The second-order valence-corrected chi connectivity index (χ2v) is 8.40. The molecule has 1 unspecified atom stereocenters. The first-order valence-electron chi connectivity index (χ1n) is 9.32. The van der Waals surface area contributed by atoms with Crippen molar-refractivity contribution in [3.05, 3.63) is 29.5 Å². The Bertz CT molecular complexity index is 810. The van der Waals surface area contributed by atoms with Crippen molar-refractivity contribution in [2.24, 2.45) is 24.8 Å². The topological polar surface area (TPSA) is 59.0 Å². The van der Waals surface area contributed by atoms with Gasteiger partial charge in [0, 0.05) is 18.4 Å². The molecule has 2 fully saturated rings. The van der Waals surface area contributed by atoms with Gasteiger partial charge in [-0.3, -0.25) is 9.48 Å². The molecule has 5 nitrogen and oxygen atoms in total. The summed E-state index contributed by atoms with van der Waals surface area (Å²) >= 11 is 0. The Balaban J connectivity index is 1.58. The molecule has 1 aromatic carbocycles. The lowest BCUT2D eigenvalue weighted by molar-refractivity contribution is -0.126. The van der Waals surface area contributed by atoms with E-state index >= 15 is 0 Å². The Morgan fingerprint density at radius 1 is 1.28 bits per heavy atom. The number of aromatic nitrogens is 2. The van der Waals surface area contributed by atoms with Crippen molar-refractivity contribution < 1.29 is 4.79 Å². The fraction of sp³-hybridized carbons (Fsp3) is 0.600. The van der Waals surface area contributed by atoms with E-state index in [0.29, 0.717) is 11.8 Å². The molecule has 2 aliphatic rings. The SMILES string of the molecule is Cc1cccc2c(C(C)(C)NC(=O)C3C[C@H]4CNC[C@H]4C3)nn(C)c12. The van der Waals surface area contributed by atoms with Crippen molar-refractivity contribution in [1.29, 1.82) is 0 Å². The van der Waals surface area contributed by atoms with E-state index in [9.17, 15) is 4.79 Å². The van der Waals surface area contributed by atoms with Crippen molar-refractivity contribution in [3.8, 4) is 0 Å². The second-order valence-electron chi connectivity index (χ2n) is 8.40. The molecule has 134 valence electrons. The van der Waals surface area contributed by atoms with Crippen molar-refractivity contribution in [1.82, 2.24) is 20.4 Å². The maximum atomic E-state index is 12.9. The highest BCUT2D eigenvalue weighted by molar-refractivity contribution is 5.87. The molecule has 1 saturated carbocycles. The number of fused-ring (bicyclic) bond motifs is 2. The number of amides is 1. The molecule has 0 bridgehead atoms. The lowest BCUT2D eigenvalue weighted by atomic mass is 9.94. The fourth-order valence-corrected chi connectivity index (χ4v) is 4.84. The van der Waals surface area contributed by atoms with Crippen molar-refractivity contribution >= 4 is 16.8 Å². The third kappa shape index (κ3) is 2.74. The van der Waals surface area contributed by atoms with Crippen LogP contribution in [-0.2, 0) is 17.4 Å². The van der Waals surface area contributed by atoms with E-state index in [-0.39, 0.29) is 11.8 Å². The predicted molar refractivity (Wildman–Crippen MR) is 99.2 cm³/mol. The van der Waals surface area contributed by atoms with Crippen LogP contribution in [0.1, 0.15) is 37.9 Å². The van der Waals surface area contributed by atoms with Crippen LogP contribution in [0.5, 0.6) is 0 Å².